The number of hydrogen-bond acceptors (Lipinski definition) is 3. The van der Waals surface area contributed by atoms with Crippen LogP contribution < -0.4 is 10.1 Å². The number of benzene rings is 1. The number of hydrogen-bond donors (Lipinski definition) is 1. The fraction of sp³-hybridized carbons (Fsp3) is 0.571. The van der Waals surface area contributed by atoms with E-state index in [9.17, 15) is 4.39 Å². The van der Waals surface area contributed by atoms with Gasteiger partial charge in [0, 0.05) is 18.7 Å². The van der Waals surface area contributed by atoms with Crippen LogP contribution in [0.2, 0.25) is 0 Å². The molecular formula is C14H20FNO2. The number of nitrogens with one attached hydrogen (secondary N) is 1. The molecule has 1 N–H and O–H groups in total. The van der Waals surface area contributed by atoms with E-state index in [1.807, 2.05) is 6.07 Å². The standard InChI is InChI=1S/C14H20FNO2/c1-17-9-10-7-11(13-5-3-4-6-16-13)14(18-2)12(15)8-10/h7-8,13,16H,3-6,9H2,1-2H3. The van der Waals surface area contributed by atoms with Crippen LogP contribution in [0.25, 0.3) is 0 Å². The first-order valence-corrected chi connectivity index (χ1v) is 6.35. The zero-order chi connectivity index (χ0) is 13.0. The summed E-state index contributed by atoms with van der Waals surface area (Å²) in [6.07, 6.45) is 3.36. The van der Waals surface area contributed by atoms with Crippen molar-refractivity contribution in [1.82, 2.24) is 5.32 Å². The van der Waals surface area contributed by atoms with E-state index in [-0.39, 0.29) is 11.9 Å². The Balaban J connectivity index is 2.34. The van der Waals surface area contributed by atoms with Crippen LogP contribution in [0.5, 0.6) is 5.75 Å². The highest BCUT2D eigenvalue weighted by Crippen LogP contribution is 2.33. The van der Waals surface area contributed by atoms with Crippen LogP contribution in [-0.2, 0) is 11.3 Å². The Bertz CT molecular complexity index is 403. The molecule has 0 saturated carbocycles. The lowest BCUT2D eigenvalue weighted by Gasteiger charge is -2.26. The number of piperidine rings is 1. The highest BCUT2D eigenvalue weighted by molar-refractivity contribution is 5.41. The second kappa shape index (κ2) is 6.16. The van der Waals surface area contributed by atoms with E-state index < -0.39 is 0 Å². The molecule has 1 aliphatic heterocycles. The first-order valence-electron chi connectivity index (χ1n) is 6.35. The number of ether oxygens (including phenoxy) is 2. The normalized spacial score (nSPS) is 19.8. The van der Waals surface area contributed by atoms with Crippen molar-refractivity contribution < 1.29 is 13.9 Å². The maximum absolute atomic E-state index is 14.0. The average Bonchev–Trinajstić information content (AvgIpc) is 2.39. The molecule has 0 aliphatic carbocycles. The summed E-state index contributed by atoms with van der Waals surface area (Å²) >= 11 is 0. The lowest BCUT2D eigenvalue weighted by atomic mass is 9.95. The summed E-state index contributed by atoms with van der Waals surface area (Å²) in [6.45, 7) is 1.39. The van der Waals surface area contributed by atoms with Crippen molar-refractivity contribution in [3.05, 3.63) is 29.1 Å². The summed E-state index contributed by atoms with van der Waals surface area (Å²) in [5.74, 6) is 0.0451. The lowest BCUT2D eigenvalue weighted by molar-refractivity contribution is 0.184. The highest BCUT2D eigenvalue weighted by Gasteiger charge is 2.21. The second-order valence-corrected chi connectivity index (χ2v) is 4.64. The van der Waals surface area contributed by atoms with Crippen LogP contribution in [0.1, 0.15) is 36.4 Å². The molecule has 1 saturated heterocycles. The fourth-order valence-corrected chi connectivity index (χ4v) is 2.51. The van der Waals surface area contributed by atoms with Gasteiger partial charge in [-0.3, -0.25) is 0 Å². The van der Waals surface area contributed by atoms with Gasteiger partial charge in [-0.25, -0.2) is 4.39 Å². The Kier molecular flexibility index (Phi) is 4.55. The van der Waals surface area contributed by atoms with Crippen molar-refractivity contribution >= 4 is 0 Å². The summed E-state index contributed by atoms with van der Waals surface area (Å²) in [4.78, 5) is 0. The fourth-order valence-electron chi connectivity index (χ4n) is 2.51. The summed E-state index contributed by atoms with van der Waals surface area (Å²) in [5, 5.41) is 3.42. The Morgan fingerprint density at radius 3 is 2.78 bits per heavy atom. The van der Waals surface area contributed by atoms with Crippen LogP contribution in [0.15, 0.2) is 12.1 Å². The molecule has 0 amide bonds. The predicted octanol–water partition coefficient (Wildman–Crippen LogP) is 2.80. The summed E-state index contributed by atoms with van der Waals surface area (Å²) in [7, 11) is 3.13. The predicted molar refractivity (Wildman–Crippen MR) is 68.3 cm³/mol. The second-order valence-electron chi connectivity index (χ2n) is 4.64. The zero-order valence-corrected chi connectivity index (χ0v) is 11.0. The molecule has 1 aromatic rings. The minimum atomic E-state index is -0.311. The van der Waals surface area contributed by atoms with Crippen molar-refractivity contribution in [3.63, 3.8) is 0 Å². The van der Waals surface area contributed by atoms with E-state index in [0.29, 0.717) is 12.4 Å². The van der Waals surface area contributed by atoms with E-state index in [4.69, 9.17) is 9.47 Å². The van der Waals surface area contributed by atoms with E-state index in [1.165, 1.54) is 19.6 Å². The molecule has 1 atom stereocenters. The van der Waals surface area contributed by atoms with Gasteiger partial charge in [-0.2, -0.15) is 0 Å². The number of halogens is 1. The lowest BCUT2D eigenvalue weighted by Crippen LogP contribution is -2.27. The van der Waals surface area contributed by atoms with Crippen molar-refractivity contribution in [2.24, 2.45) is 0 Å². The summed E-state index contributed by atoms with van der Waals surface area (Å²) in [6, 6.07) is 3.64. The molecule has 1 heterocycles. The molecular weight excluding hydrogens is 233 g/mol. The van der Waals surface area contributed by atoms with Crippen molar-refractivity contribution in [1.29, 1.82) is 0 Å². The SMILES string of the molecule is COCc1cc(F)c(OC)c(C2CCCCN2)c1. The van der Waals surface area contributed by atoms with Crippen molar-refractivity contribution in [3.8, 4) is 5.75 Å². The van der Waals surface area contributed by atoms with Crippen LogP contribution in [0.3, 0.4) is 0 Å². The van der Waals surface area contributed by atoms with Gasteiger partial charge in [0.2, 0.25) is 0 Å². The molecule has 1 unspecified atom stereocenters. The third kappa shape index (κ3) is 2.82. The summed E-state index contributed by atoms with van der Waals surface area (Å²) in [5.41, 5.74) is 1.75. The topological polar surface area (TPSA) is 30.5 Å². The monoisotopic (exact) mass is 253 g/mol. The van der Waals surface area contributed by atoms with Gasteiger partial charge in [0.05, 0.1) is 13.7 Å². The van der Waals surface area contributed by atoms with Crippen LogP contribution in [0.4, 0.5) is 4.39 Å². The van der Waals surface area contributed by atoms with Gasteiger partial charge in [-0.05, 0) is 37.1 Å². The molecule has 1 fully saturated rings. The first kappa shape index (κ1) is 13.3. The highest BCUT2D eigenvalue weighted by atomic mass is 19.1. The maximum atomic E-state index is 14.0. The van der Waals surface area contributed by atoms with Gasteiger partial charge < -0.3 is 14.8 Å². The van der Waals surface area contributed by atoms with Gasteiger partial charge in [-0.15, -0.1) is 0 Å². The Hall–Kier alpha value is -1.13. The first-order chi connectivity index (χ1) is 8.76. The molecule has 1 aliphatic rings. The molecule has 18 heavy (non-hydrogen) atoms. The minimum Gasteiger partial charge on any atom is -0.493 e. The van der Waals surface area contributed by atoms with E-state index >= 15 is 0 Å². The maximum Gasteiger partial charge on any atom is 0.165 e. The van der Waals surface area contributed by atoms with Crippen LogP contribution in [0, 0.1) is 5.82 Å². The Morgan fingerprint density at radius 2 is 2.17 bits per heavy atom. The molecule has 100 valence electrons. The molecule has 1 aromatic carbocycles. The number of methoxy groups -OCH3 is 2. The molecule has 0 bridgehead atoms. The molecule has 2 rings (SSSR count). The molecule has 0 radical (unpaired) electrons. The van der Waals surface area contributed by atoms with E-state index in [0.717, 1.165) is 30.5 Å². The van der Waals surface area contributed by atoms with Crippen molar-refractivity contribution in [2.45, 2.75) is 31.9 Å². The Labute approximate surface area is 107 Å². The number of rotatable bonds is 4. The average molecular weight is 253 g/mol. The zero-order valence-electron chi connectivity index (χ0n) is 11.0. The molecule has 4 heteroatoms. The summed E-state index contributed by atoms with van der Waals surface area (Å²) < 4.78 is 24.3. The van der Waals surface area contributed by atoms with Crippen LogP contribution >= 0.6 is 0 Å². The van der Waals surface area contributed by atoms with E-state index in [1.54, 1.807) is 7.11 Å². The van der Waals surface area contributed by atoms with E-state index in [2.05, 4.69) is 5.32 Å². The van der Waals surface area contributed by atoms with Crippen molar-refractivity contribution in [2.75, 3.05) is 20.8 Å². The van der Waals surface area contributed by atoms with Gasteiger partial charge in [0.25, 0.3) is 0 Å². The quantitative estimate of drug-likeness (QED) is 0.895. The minimum absolute atomic E-state index is 0.181. The molecule has 0 aromatic heterocycles. The van der Waals surface area contributed by atoms with Crippen LogP contribution in [-0.4, -0.2) is 20.8 Å². The smallest absolute Gasteiger partial charge is 0.165 e. The third-order valence-electron chi connectivity index (χ3n) is 3.33. The Morgan fingerprint density at radius 1 is 1.33 bits per heavy atom. The largest absolute Gasteiger partial charge is 0.493 e. The van der Waals surface area contributed by atoms with Gasteiger partial charge in [0.15, 0.2) is 11.6 Å². The van der Waals surface area contributed by atoms with Gasteiger partial charge in [0.1, 0.15) is 0 Å². The van der Waals surface area contributed by atoms with Gasteiger partial charge >= 0.3 is 0 Å². The third-order valence-corrected chi connectivity index (χ3v) is 3.33. The van der Waals surface area contributed by atoms with Gasteiger partial charge in [-0.1, -0.05) is 6.42 Å². The molecule has 3 nitrogen and oxygen atoms in total. The molecule has 0 spiro atoms.